The van der Waals surface area contributed by atoms with Crippen LogP contribution >= 0.6 is 0 Å². The zero-order chi connectivity index (χ0) is 28.2. The SMILES string of the molecule is COc1c(C(=O)N[C@H]2CCOC[C@@H]2O)cc(Cc2ccc(C(=O)CCCCS(C)(=O)=O)c(F)c2)c2c1CCO2. The Morgan fingerprint density at radius 3 is 2.67 bits per heavy atom. The number of sulfone groups is 1. The number of ketones is 1. The molecule has 2 aromatic rings. The summed E-state index contributed by atoms with van der Waals surface area (Å²) in [5, 5.41) is 13.1. The number of amides is 1. The molecule has 1 amide bonds. The van der Waals surface area contributed by atoms with E-state index in [-0.39, 0.29) is 36.5 Å². The van der Waals surface area contributed by atoms with Crippen molar-refractivity contribution in [2.75, 3.05) is 38.9 Å². The fraction of sp³-hybridized carbons (Fsp3) is 0.500. The molecule has 0 unspecified atom stereocenters. The molecule has 11 heteroatoms. The molecule has 1 fully saturated rings. The monoisotopic (exact) mass is 563 g/mol. The second-order valence-electron chi connectivity index (χ2n) is 10.0. The van der Waals surface area contributed by atoms with E-state index in [4.69, 9.17) is 14.2 Å². The summed E-state index contributed by atoms with van der Waals surface area (Å²) in [5.74, 6) is -0.425. The molecule has 9 nitrogen and oxygen atoms in total. The van der Waals surface area contributed by atoms with Gasteiger partial charge in [-0.05, 0) is 48.6 Å². The lowest BCUT2D eigenvalue weighted by molar-refractivity contribution is -0.0261. The Bertz CT molecular complexity index is 1340. The van der Waals surface area contributed by atoms with Crippen LogP contribution in [0.2, 0.25) is 0 Å². The van der Waals surface area contributed by atoms with Crippen molar-refractivity contribution in [3.8, 4) is 11.5 Å². The Labute approximate surface area is 227 Å². The highest BCUT2D eigenvalue weighted by Crippen LogP contribution is 2.40. The molecule has 212 valence electrons. The predicted molar refractivity (Wildman–Crippen MR) is 142 cm³/mol. The lowest BCUT2D eigenvalue weighted by Gasteiger charge is -2.28. The minimum Gasteiger partial charge on any atom is -0.495 e. The molecule has 2 aliphatic heterocycles. The van der Waals surface area contributed by atoms with Gasteiger partial charge in [0.15, 0.2) is 5.78 Å². The number of ether oxygens (including phenoxy) is 3. The number of fused-ring (bicyclic) bond motifs is 1. The van der Waals surface area contributed by atoms with Crippen molar-refractivity contribution in [2.24, 2.45) is 0 Å². The van der Waals surface area contributed by atoms with Gasteiger partial charge >= 0.3 is 0 Å². The van der Waals surface area contributed by atoms with Crippen LogP contribution in [0.15, 0.2) is 24.3 Å². The predicted octanol–water partition coefficient (Wildman–Crippen LogP) is 2.64. The number of carbonyl (C=O) groups excluding carboxylic acids is 2. The van der Waals surface area contributed by atoms with Crippen LogP contribution in [0.1, 0.15) is 63.1 Å². The molecule has 0 aromatic heterocycles. The standard InChI is InChI=1S/C28H34FNO8S/c1-36-27-20-8-11-38-26(20)18(15-21(27)28(33)30-23-9-10-37-16-25(23)32)13-17-6-7-19(22(29)14-17)24(31)5-3-4-12-39(2,34)35/h6-7,14-15,23,25,32H,3-5,8-13,16H2,1-2H3,(H,30,33)/t23-,25-/m0/s1. The van der Waals surface area contributed by atoms with Gasteiger partial charge in [0.2, 0.25) is 0 Å². The summed E-state index contributed by atoms with van der Waals surface area (Å²) in [5.41, 5.74) is 2.30. The van der Waals surface area contributed by atoms with Crippen molar-refractivity contribution in [2.45, 2.75) is 50.7 Å². The van der Waals surface area contributed by atoms with Gasteiger partial charge in [-0.25, -0.2) is 12.8 Å². The minimum atomic E-state index is -3.10. The first-order valence-corrected chi connectivity index (χ1v) is 15.0. The van der Waals surface area contributed by atoms with Crippen LogP contribution < -0.4 is 14.8 Å². The van der Waals surface area contributed by atoms with Gasteiger partial charge in [0.1, 0.15) is 27.2 Å². The third-order valence-electron chi connectivity index (χ3n) is 6.99. The number of rotatable bonds is 11. The number of carbonyl (C=O) groups is 2. The number of aliphatic hydroxyl groups excluding tert-OH is 1. The molecule has 0 spiro atoms. The van der Waals surface area contributed by atoms with Gasteiger partial charge in [-0.1, -0.05) is 6.07 Å². The number of Topliss-reactive ketones (excluding diaryl/α,β-unsaturated/α-hetero) is 1. The number of aliphatic hydroxyl groups is 1. The van der Waals surface area contributed by atoms with Gasteiger partial charge in [0.25, 0.3) is 5.91 Å². The Hall–Kier alpha value is -3.02. The van der Waals surface area contributed by atoms with E-state index in [0.29, 0.717) is 67.1 Å². The van der Waals surface area contributed by atoms with Gasteiger partial charge in [0.05, 0.1) is 43.6 Å². The van der Waals surface area contributed by atoms with E-state index in [1.165, 1.54) is 19.2 Å². The maximum atomic E-state index is 14.9. The molecule has 4 rings (SSSR count). The highest BCUT2D eigenvalue weighted by molar-refractivity contribution is 7.90. The molecular formula is C28H34FNO8S. The molecule has 2 aliphatic rings. The van der Waals surface area contributed by atoms with Gasteiger partial charge in [-0.3, -0.25) is 9.59 Å². The van der Waals surface area contributed by atoms with Gasteiger partial charge in [0, 0.05) is 43.4 Å². The first kappa shape index (κ1) is 29.0. The van der Waals surface area contributed by atoms with E-state index in [1.54, 1.807) is 12.1 Å². The van der Waals surface area contributed by atoms with Gasteiger partial charge < -0.3 is 24.6 Å². The topological polar surface area (TPSA) is 128 Å². The lowest BCUT2D eigenvalue weighted by atomic mass is 9.95. The largest absolute Gasteiger partial charge is 0.495 e. The van der Waals surface area contributed by atoms with E-state index in [0.717, 1.165) is 11.8 Å². The van der Waals surface area contributed by atoms with Crippen LogP contribution in [0.5, 0.6) is 11.5 Å². The van der Waals surface area contributed by atoms with Gasteiger partial charge in [-0.15, -0.1) is 0 Å². The average Bonchev–Trinajstić information content (AvgIpc) is 3.37. The summed E-state index contributed by atoms with van der Waals surface area (Å²) >= 11 is 0. The van der Waals surface area contributed by atoms with Crippen molar-refractivity contribution in [3.63, 3.8) is 0 Å². The summed E-state index contributed by atoms with van der Waals surface area (Å²) in [6, 6.07) is 5.62. The summed E-state index contributed by atoms with van der Waals surface area (Å²) < 4.78 is 54.1. The highest BCUT2D eigenvalue weighted by atomic mass is 32.2. The Kier molecular flexibility index (Phi) is 9.24. The number of methoxy groups -OCH3 is 1. The maximum Gasteiger partial charge on any atom is 0.255 e. The number of unbranched alkanes of at least 4 members (excludes halogenated alkanes) is 1. The van der Waals surface area contributed by atoms with E-state index in [1.807, 2.05) is 0 Å². The molecule has 39 heavy (non-hydrogen) atoms. The fourth-order valence-electron chi connectivity index (χ4n) is 5.00. The van der Waals surface area contributed by atoms with E-state index in [2.05, 4.69) is 5.32 Å². The quantitative estimate of drug-likeness (QED) is 0.316. The average molecular weight is 564 g/mol. The summed E-state index contributed by atoms with van der Waals surface area (Å²) in [4.78, 5) is 25.8. The highest BCUT2D eigenvalue weighted by Gasteiger charge is 2.30. The Morgan fingerprint density at radius 2 is 1.97 bits per heavy atom. The first-order valence-electron chi connectivity index (χ1n) is 13.0. The smallest absolute Gasteiger partial charge is 0.255 e. The number of nitrogens with one attached hydrogen (secondary N) is 1. The Balaban J connectivity index is 1.53. The molecule has 0 aliphatic carbocycles. The van der Waals surface area contributed by atoms with Crippen molar-refractivity contribution in [1.82, 2.24) is 5.32 Å². The molecule has 0 radical (unpaired) electrons. The zero-order valence-corrected chi connectivity index (χ0v) is 22.9. The van der Waals surface area contributed by atoms with Crippen LogP contribution in [0, 0.1) is 5.82 Å². The number of benzene rings is 2. The Morgan fingerprint density at radius 1 is 1.18 bits per heavy atom. The summed E-state index contributed by atoms with van der Waals surface area (Å²) in [7, 11) is -1.62. The second-order valence-corrected chi connectivity index (χ2v) is 12.3. The van der Waals surface area contributed by atoms with Gasteiger partial charge in [-0.2, -0.15) is 0 Å². The van der Waals surface area contributed by atoms with Crippen molar-refractivity contribution in [3.05, 3.63) is 57.9 Å². The molecule has 2 heterocycles. The number of hydrogen-bond acceptors (Lipinski definition) is 8. The van der Waals surface area contributed by atoms with Crippen molar-refractivity contribution < 1.29 is 41.7 Å². The van der Waals surface area contributed by atoms with E-state index < -0.39 is 33.7 Å². The normalized spacial score (nSPS) is 18.8. The second kappa shape index (κ2) is 12.4. The third-order valence-corrected chi connectivity index (χ3v) is 8.02. The molecule has 2 N–H and O–H groups in total. The maximum absolute atomic E-state index is 14.9. The lowest BCUT2D eigenvalue weighted by Crippen LogP contribution is -2.48. The number of halogens is 1. The van der Waals surface area contributed by atoms with Crippen LogP contribution in [0.3, 0.4) is 0 Å². The van der Waals surface area contributed by atoms with Crippen LogP contribution in [-0.4, -0.2) is 76.3 Å². The van der Waals surface area contributed by atoms with Crippen LogP contribution in [0.25, 0.3) is 0 Å². The van der Waals surface area contributed by atoms with Crippen molar-refractivity contribution >= 4 is 21.5 Å². The number of hydrogen-bond donors (Lipinski definition) is 2. The fourth-order valence-corrected chi connectivity index (χ4v) is 5.72. The molecule has 0 bridgehead atoms. The molecule has 1 saturated heterocycles. The molecule has 0 saturated carbocycles. The van der Waals surface area contributed by atoms with Crippen LogP contribution in [-0.2, 0) is 27.4 Å². The molecule has 2 atom stereocenters. The first-order chi connectivity index (χ1) is 18.6. The molecular weight excluding hydrogens is 529 g/mol. The van der Waals surface area contributed by atoms with E-state index >= 15 is 0 Å². The molecule has 2 aromatic carbocycles. The van der Waals surface area contributed by atoms with E-state index in [9.17, 15) is 27.5 Å². The summed E-state index contributed by atoms with van der Waals surface area (Å²) in [6.45, 7) is 1.01. The zero-order valence-electron chi connectivity index (χ0n) is 22.1. The van der Waals surface area contributed by atoms with Crippen LogP contribution in [0.4, 0.5) is 4.39 Å². The third kappa shape index (κ3) is 7.14. The summed E-state index contributed by atoms with van der Waals surface area (Å²) in [6.07, 6.45) is 2.38. The van der Waals surface area contributed by atoms with Crippen molar-refractivity contribution in [1.29, 1.82) is 0 Å². The minimum absolute atomic E-state index is 0.00832.